The number of aliphatic hydroxyl groups is 1. The normalized spacial score (nSPS) is 23.8. The fourth-order valence-corrected chi connectivity index (χ4v) is 5.03. The first-order valence-corrected chi connectivity index (χ1v) is 11.7. The van der Waals surface area contributed by atoms with Crippen LogP contribution in [-0.2, 0) is 15.7 Å². The van der Waals surface area contributed by atoms with Crippen LogP contribution in [0.5, 0.6) is 5.88 Å². The first-order chi connectivity index (χ1) is 17.3. The highest BCUT2D eigenvalue weighted by molar-refractivity contribution is 6.33. The van der Waals surface area contributed by atoms with Crippen molar-refractivity contribution in [2.45, 2.75) is 30.6 Å². The average Bonchev–Trinajstić information content (AvgIpc) is 3.54. The Hall–Kier alpha value is -3.11. The maximum absolute atomic E-state index is 14.2. The monoisotopic (exact) mass is 516 g/mol. The molecule has 4 atom stereocenters. The third-order valence-electron chi connectivity index (χ3n) is 6.49. The number of aliphatic hydroxyl groups excluding tert-OH is 1. The van der Waals surface area contributed by atoms with Gasteiger partial charge < -0.3 is 24.3 Å². The molecule has 2 fully saturated rings. The van der Waals surface area contributed by atoms with Crippen molar-refractivity contribution in [2.75, 3.05) is 13.2 Å². The summed E-state index contributed by atoms with van der Waals surface area (Å²) in [6.45, 7) is 0.0316. The maximum Gasteiger partial charge on any atom is 0.423 e. The highest BCUT2D eigenvalue weighted by Crippen LogP contribution is 2.44. The largest absolute Gasteiger partial charge is 0.470 e. The van der Waals surface area contributed by atoms with E-state index in [4.69, 9.17) is 25.8 Å². The van der Waals surface area contributed by atoms with E-state index in [9.17, 15) is 18.3 Å². The van der Waals surface area contributed by atoms with Crippen molar-refractivity contribution in [2.24, 2.45) is 0 Å². The van der Waals surface area contributed by atoms with Gasteiger partial charge in [0.1, 0.15) is 29.4 Å². The van der Waals surface area contributed by atoms with Crippen LogP contribution in [0.2, 0.25) is 5.02 Å². The maximum atomic E-state index is 14.2. The molecule has 2 aromatic carbocycles. The third-order valence-corrected chi connectivity index (χ3v) is 6.78. The number of hydrogen-bond donors (Lipinski definition) is 2. The SMILES string of the molecule is O[C@@H]1CO[C@H]2C1OC[C@H]2Oc1[nH]c2cc(Cl)c(-c3ccc(-c4ccccc4)cc3)nc2c1C(F)(F)F. The van der Waals surface area contributed by atoms with Crippen molar-refractivity contribution < 1.29 is 32.5 Å². The molecule has 2 aliphatic rings. The van der Waals surface area contributed by atoms with E-state index in [2.05, 4.69) is 9.97 Å². The summed E-state index contributed by atoms with van der Waals surface area (Å²) in [5.41, 5.74) is 1.55. The van der Waals surface area contributed by atoms with Crippen molar-refractivity contribution in [3.8, 4) is 28.3 Å². The highest BCUT2D eigenvalue weighted by atomic mass is 35.5. The Morgan fingerprint density at radius 1 is 0.944 bits per heavy atom. The minimum Gasteiger partial charge on any atom is -0.470 e. The van der Waals surface area contributed by atoms with Crippen LogP contribution >= 0.6 is 11.6 Å². The van der Waals surface area contributed by atoms with E-state index in [0.717, 1.165) is 11.1 Å². The number of ether oxygens (including phenoxy) is 3. The van der Waals surface area contributed by atoms with E-state index in [1.165, 1.54) is 6.07 Å². The van der Waals surface area contributed by atoms with Gasteiger partial charge in [0.05, 0.1) is 29.4 Å². The number of benzene rings is 2. The first-order valence-electron chi connectivity index (χ1n) is 11.3. The van der Waals surface area contributed by atoms with Gasteiger partial charge in [0.2, 0.25) is 5.88 Å². The molecule has 1 unspecified atom stereocenters. The topological polar surface area (TPSA) is 76.6 Å². The predicted molar refractivity (Wildman–Crippen MR) is 127 cm³/mol. The van der Waals surface area contributed by atoms with E-state index in [0.29, 0.717) is 5.56 Å². The molecule has 4 heterocycles. The van der Waals surface area contributed by atoms with Gasteiger partial charge in [-0.15, -0.1) is 0 Å². The molecule has 0 saturated carbocycles. The zero-order valence-corrected chi connectivity index (χ0v) is 19.4. The van der Waals surface area contributed by atoms with E-state index >= 15 is 0 Å². The minimum absolute atomic E-state index is 0.00769. The number of rotatable bonds is 4. The number of alkyl halides is 3. The molecule has 2 saturated heterocycles. The highest BCUT2D eigenvalue weighted by Gasteiger charge is 2.49. The van der Waals surface area contributed by atoms with Gasteiger partial charge >= 0.3 is 6.18 Å². The molecule has 0 amide bonds. The molecule has 2 N–H and O–H groups in total. The minimum atomic E-state index is -4.75. The van der Waals surface area contributed by atoms with Crippen LogP contribution in [0.4, 0.5) is 13.2 Å². The second-order valence-electron chi connectivity index (χ2n) is 8.80. The van der Waals surface area contributed by atoms with Gasteiger partial charge in [-0.1, -0.05) is 66.2 Å². The van der Waals surface area contributed by atoms with Gasteiger partial charge in [0, 0.05) is 5.56 Å². The second-order valence-corrected chi connectivity index (χ2v) is 9.21. The third kappa shape index (κ3) is 4.02. The predicted octanol–water partition coefficient (Wildman–Crippen LogP) is 5.48. The summed E-state index contributed by atoms with van der Waals surface area (Å²) >= 11 is 6.46. The fraction of sp³-hybridized carbons (Fsp3) is 0.269. The van der Waals surface area contributed by atoms with Crippen molar-refractivity contribution in [3.05, 3.63) is 71.2 Å². The van der Waals surface area contributed by atoms with Crippen LogP contribution in [0.25, 0.3) is 33.4 Å². The van der Waals surface area contributed by atoms with E-state index in [1.807, 2.05) is 42.5 Å². The van der Waals surface area contributed by atoms with Gasteiger partial charge in [-0.3, -0.25) is 0 Å². The van der Waals surface area contributed by atoms with Crippen molar-refractivity contribution >= 4 is 22.6 Å². The van der Waals surface area contributed by atoms with Crippen LogP contribution in [0.3, 0.4) is 0 Å². The zero-order chi connectivity index (χ0) is 25.0. The number of nitrogens with one attached hydrogen (secondary N) is 1. The van der Waals surface area contributed by atoms with Gasteiger partial charge in [-0.2, -0.15) is 13.2 Å². The molecular weight excluding hydrogens is 497 g/mol. The van der Waals surface area contributed by atoms with Crippen LogP contribution in [0, 0.1) is 0 Å². The Bertz CT molecular complexity index is 1410. The molecule has 0 spiro atoms. The Morgan fingerprint density at radius 3 is 2.33 bits per heavy atom. The molecule has 4 aromatic rings. The average molecular weight is 517 g/mol. The summed E-state index contributed by atoms with van der Waals surface area (Å²) in [6.07, 6.45) is -7.71. The van der Waals surface area contributed by atoms with Gasteiger partial charge in [-0.05, 0) is 17.2 Å². The molecule has 186 valence electrons. The van der Waals surface area contributed by atoms with Crippen LogP contribution in [0.1, 0.15) is 5.56 Å². The van der Waals surface area contributed by atoms with E-state index < -0.39 is 42.0 Å². The lowest BCUT2D eigenvalue weighted by Crippen LogP contribution is -2.35. The number of nitrogens with zero attached hydrogens (tertiary/aromatic N) is 1. The van der Waals surface area contributed by atoms with Crippen LogP contribution in [0.15, 0.2) is 60.7 Å². The van der Waals surface area contributed by atoms with Crippen molar-refractivity contribution in [1.29, 1.82) is 0 Å². The quantitative estimate of drug-likeness (QED) is 0.376. The molecule has 0 radical (unpaired) electrons. The molecule has 10 heteroatoms. The fourth-order valence-electron chi connectivity index (χ4n) is 4.77. The second kappa shape index (κ2) is 8.77. The number of hydrogen-bond acceptors (Lipinski definition) is 5. The standard InChI is InChI=1S/C26H20ClF3N2O4/c27-16-10-17-22(32-21(16)15-8-6-14(7-9-15)13-4-2-1-3-5-13)20(26(28,29)30)25(31-17)36-19-12-35-23-18(33)11-34-24(19)23/h1-10,18-19,23-24,31,33H,11-12H2/t18-,19-,23?,24-/m1/s1. The lowest BCUT2D eigenvalue weighted by molar-refractivity contribution is -0.138. The van der Waals surface area contributed by atoms with Crippen molar-refractivity contribution in [3.63, 3.8) is 0 Å². The zero-order valence-electron chi connectivity index (χ0n) is 18.6. The smallest absolute Gasteiger partial charge is 0.423 e. The Kier molecular flexibility index (Phi) is 5.68. The first kappa shape index (κ1) is 23.3. The van der Waals surface area contributed by atoms with Gasteiger partial charge in [0.15, 0.2) is 6.10 Å². The van der Waals surface area contributed by atoms with Crippen LogP contribution in [-0.4, -0.2) is 52.7 Å². The molecule has 0 aliphatic carbocycles. The van der Waals surface area contributed by atoms with Crippen LogP contribution < -0.4 is 4.74 Å². The van der Waals surface area contributed by atoms with Gasteiger partial charge in [-0.25, -0.2) is 4.98 Å². The lowest BCUT2D eigenvalue weighted by Gasteiger charge is -2.18. The molecule has 6 nitrogen and oxygen atoms in total. The number of pyridine rings is 1. The summed E-state index contributed by atoms with van der Waals surface area (Å²) in [7, 11) is 0. The number of aromatic amines is 1. The Labute approximate surface area is 208 Å². The van der Waals surface area contributed by atoms with Gasteiger partial charge in [0.25, 0.3) is 0 Å². The number of H-pyrrole nitrogens is 1. The summed E-state index contributed by atoms with van der Waals surface area (Å²) < 4.78 is 59.3. The Balaban J connectivity index is 1.38. The van der Waals surface area contributed by atoms with E-state index in [-0.39, 0.29) is 35.0 Å². The van der Waals surface area contributed by atoms with Crippen molar-refractivity contribution in [1.82, 2.24) is 9.97 Å². The summed E-state index contributed by atoms with van der Waals surface area (Å²) in [4.78, 5) is 7.00. The number of halogens is 4. The van der Waals surface area contributed by atoms with E-state index in [1.54, 1.807) is 12.1 Å². The molecular formula is C26H20ClF3N2O4. The summed E-state index contributed by atoms with van der Waals surface area (Å²) in [5.74, 6) is -0.489. The lowest BCUT2D eigenvalue weighted by atomic mass is 10.0. The number of fused-ring (bicyclic) bond motifs is 2. The molecule has 36 heavy (non-hydrogen) atoms. The molecule has 0 bridgehead atoms. The molecule has 6 rings (SSSR count). The molecule has 2 aliphatic heterocycles. The Morgan fingerprint density at radius 2 is 1.61 bits per heavy atom. The number of aromatic nitrogens is 2. The summed E-state index contributed by atoms with van der Waals surface area (Å²) in [5, 5.41) is 10.1. The summed E-state index contributed by atoms with van der Waals surface area (Å²) in [6, 6.07) is 18.4. The molecule has 2 aromatic heterocycles.